The summed E-state index contributed by atoms with van der Waals surface area (Å²) in [5, 5.41) is 16.1. The van der Waals surface area contributed by atoms with E-state index in [0.29, 0.717) is 34.3 Å². The van der Waals surface area contributed by atoms with E-state index >= 15 is 4.79 Å². The Morgan fingerprint density at radius 2 is 1.84 bits per heavy atom. The van der Waals surface area contributed by atoms with E-state index in [9.17, 15) is 19.5 Å². The SMILES string of the molecule is CCN1C(=O)[C@H]2[C@H](CC=C3[C@H]2C[C@H]2C(=O)N(c4cc(-c5sc6ccc(Cl)cc6c5C)nn4C)C(=O)[C@@]2(C)[C@H]3c2ccccc2OCCO)C1=O. The Labute approximate surface area is 298 Å². The molecule has 12 heteroatoms. The second-order valence-electron chi connectivity index (χ2n) is 13.9. The first kappa shape index (κ1) is 32.9. The number of benzene rings is 2. The number of hydrogen-bond acceptors (Lipinski definition) is 8. The fourth-order valence-corrected chi connectivity index (χ4v) is 10.5. The number of nitrogens with zero attached hydrogens (tertiary/aromatic N) is 4. The molecule has 0 spiro atoms. The van der Waals surface area contributed by atoms with Crippen molar-refractivity contribution in [3.05, 3.63) is 76.3 Å². The highest BCUT2D eigenvalue weighted by molar-refractivity contribution is 7.22. The topological polar surface area (TPSA) is 122 Å². The average Bonchev–Trinajstić information content (AvgIpc) is 3.77. The summed E-state index contributed by atoms with van der Waals surface area (Å²) in [6, 6.07) is 14.9. The molecular formula is C38H37ClN4O6S. The van der Waals surface area contributed by atoms with Gasteiger partial charge in [-0.25, -0.2) is 4.90 Å². The van der Waals surface area contributed by atoms with Crippen molar-refractivity contribution in [2.75, 3.05) is 24.7 Å². The third-order valence-electron chi connectivity index (χ3n) is 11.5. The van der Waals surface area contributed by atoms with Gasteiger partial charge in [-0.1, -0.05) is 41.4 Å². The Bertz CT molecular complexity index is 2160. The van der Waals surface area contributed by atoms with Gasteiger partial charge in [-0.3, -0.25) is 28.8 Å². The molecule has 2 aliphatic carbocycles. The van der Waals surface area contributed by atoms with E-state index in [0.717, 1.165) is 26.1 Å². The first-order valence-electron chi connectivity index (χ1n) is 17.0. The molecule has 8 rings (SSSR count). The number of carbonyl (C=O) groups excluding carboxylic acids is 4. The average molecular weight is 713 g/mol. The molecule has 0 unspecified atom stereocenters. The molecule has 4 heterocycles. The van der Waals surface area contributed by atoms with Crippen molar-refractivity contribution in [3.8, 4) is 16.3 Å². The molecule has 4 aliphatic rings. The van der Waals surface area contributed by atoms with E-state index in [4.69, 9.17) is 21.4 Å². The number of thiophene rings is 1. The standard InChI is InChI=1S/C38H37ClN4O6S/c1-5-42-34(45)23-12-11-21-25(31(23)36(42)47)17-26-35(46)43(37(48)38(26,3)32(21)22-8-6-7-9-28(22)49-15-14-44)30-18-27(40-41(30)4)33-19(2)24-16-20(39)10-13-29(24)50-33/h6-11,13,16,18,23,25-26,31-32,44H,5,12,14-15,17H2,1-4H3/t23-,25+,26-,31-,32+,38+/m0/s1. The lowest BCUT2D eigenvalue weighted by Gasteiger charge is -2.49. The molecule has 0 radical (unpaired) electrons. The van der Waals surface area contributed by atoms with Gasteiger partial charge in [-0.05, 0) is 74.7 Å². The number of hydrogen-bond donors (Lipinski definition) is 1. The van der Waals surface area contributed by atoms with Crippen molar-refractivity contribution in [1.29, 1.82) is 0 Å². The van der Waals surface area contributed by atoms with Crippen LogP contribution in [0.5, 0.6) is 5.75 Å². The van der Waals surface area contributed by atoms with Crippen LogP contribution in [0.1, 0.15) is 43.7 Å². The number of aryl methyl sites for hydroxylation is 2. The number of likely N-dealkylation sites (tertiary alicyclic amines) is 1. The summed E-state index contributed by atoms with van der Waals surface area (Å²) in [5.41, 5.74) is 2.01. The lowest BCUT2D eigenvalue weighted by molar-refractivity contribution is -0.140. The van der Waals surface area contributed by atoms with Crippen LogP contribution in [0.15, 0.2) is 60.2 Å². The van der Waals surface area contributed by atoms with E-state index in [-0.39, 0.29) is 49.8 Å². The zero-order valence-corrected chi connectivity index (χ0v) is 29.8. The molecule has 3 fully saturated rings. The van der Waals surface area contributed by atoms with E-state index in [1.54, 1.807) is 42.1 Å². The van der Waals surface area contributed by atoms with Crippen molar-refractivity contribution in [2.45, 2.75) is 39.5 Å². The van der Waals surface area contributed by atoms with Crippen molar-refractivity contribution in [3.63, 3.8) is 0 Å². The van der Waals surface area contributed by atoms with Crippen LogP contribution in [0.25, 0.3) is 20.7 Å². The smallest absolute Gasteiger partial charge is 0.242 e. The summed E-state index contributed by atoms with van der Waals surface area (Å²) in [6.07, 6.45) is 2.67. The van der Waals surface area contributed by atoms with Crippen LogP contribution in [0.4, 0.5) is 5.82 Å². The molecule has 1 saturated carbocycles. The van der Waals surface area contributed by atoms with Crippen LogP contribution >= 0.6 is 22.9 Å². The van der Waals surface area contributed by atoms with Gasteiger partial charge in [0.2, 0.25) is 23.6 Å². The fourth-order valence-electron chi connectivity index (χ4n) is 9.18. The highest BCUT2D eigenvalue weighted by Crippen LogP contribution is 2.64. The van der Waals surface area contributed by atoms with E-state index in [2.05, 4.69) is 0 Å². The summed E-state index contributed by atoms with van der Waals surface area (Å²) in [7, 11) is 1.73. The highest BCUT2D eigenvalue weighted by Gasteiger charge is 2.68. The first-order valence-corrected chi connectivity index (χ1v) is 18.2. The van der Waals surface area contributed by atoms with Gasteiger partial charge >= 0.3 is 0 Å². The van der Waals surface area contributed by atoms with Crippen LogP contribution in [-0.2, 0) is 26.2 Å². The van der Waals surface area contributed by atoms with Crippen LogP contribution in [-0.4, -0.2) is 63.2 Å². The predicted molar refractivity (Wildman–Crippen MR) is 190 cm³/mol. The number of ether oxygens (including phenoxy) is 1. The monoisotopic (exact) mass is 712 g/mol. The van der Waals surface area contributed by atoms with Crippen molar-refractivity contribution < 1.29 is 29.0 Å². The quantitative estimate of drug-likeness (QED) is 0.188. The number of aliphatic hydroxyl groups excluding tert-OH is 1. The number of imide groups is 2. The second kappa shape index (κ2) is 11.9. The minimum atomic E-state index is -1.24. The number of rotatable bonds is 7. The number of anilines is 1. The molecular weight excluding hydrogens is 676 g/mol. The Hall–Kier alpha value is -4.32. The zero-order valence-electron chi connectivity index (χ0n) is 28.2. The van der Waals surface area contributed by atoms with Gasteiger partial charge in [0.15, 0.2) is 0 Å². The maximum Gasteiger partial charge on any atom is 0.242 e. The van der Waals surface area contributed by atoms with Gasteiger partial charge in [0.25, 0.3) is 0 Å². The molecule has 2 aromatic carbocycles. The predicted octanol–water partition coefficient (Wildman–Crippen LogP) is 5.89. The van der Waals surface area contributed by atoms with Crippen molar-refractivity contribution in [2.24, 2.45) is 36.1 Å². The third kappa shape index (κ3) is 4.52. The Morgan fingerprint density at radius 1 is 1.06 bits per heavy atom. The number of aromatic nitrogens is 2. The lowest BCUT2D eigenvalue weighted by atomic mass is 9.51. The van der Waals surface area contributed by atoms with Crippen molar-refractivity contribution >= 4 is 62.5 Å². The number of aliphatic hydroxyl groups is 1. The van der Waals surface area contributed by atoms with Crippen LogP contribution < -0.4 is 9.64 Å². The van der Waals surface area contributed by atoms with Crippen molar-refractivity contribution in [1.82, 2.24) is 14.7 Å². The summed E-state index contributed by atoms with van der Waals surface area (Å²) in [4.78, 5) is 60.6. The zero-order chi connectivity index (χ0) is 35.2. The van der Waals surface area contributed by atoms with Gasteiger partial charge in [-0.2, -0.15) is 5.10 Å². The summed E-state index contributed by atoms with van der Waals surface area (Å²) < 4.78 is 8.66. The maximum absolute atomic E-state index is 15.1. The molecule has 50 heavy (non-hydrogen) atoms. The van der Waals surface area contributed by atoms with Gasteiger partial charge in [0.1, 0.15) is 23.9 Å². The molecule has 10 nitrogen and oxygen atoms in total. The number of fused-ring (bicyclic) bond motifs is 5. The Morgan fingerprint density at radius 3 is 2.60 bits per heavy atom. The molecule has 1 N–H and O–H groups in total. The Kier molecular flexibility index (Phi) is 7.81. The number of allylic oxidation sites excluding steroid dienone is 2. The maximum atomic E-state index is 15.1. The molecule has 2 aromatic heterocycles. The normalized spacial score (nSPS) is 27.6. The summed E-state index contributed by atoms with van der Waals surface area (Å²) in [5.74, 6) is -3.14. The number of para-hydroxylation sites is 1. The molecule has 0 bridgehead atoms. The number of halogens is 1. The molecule has 258 valence electrons. The first-order chi connectivity index (χ1) is 24.0. The number of carbonyl (C=O) groups is 4. The van der Waals surface area contributed by atoms with Gasteiger partial charge < -0.3 is 9.84 Å². The second-order valence-corrected chi connectivity index (χ2v) is 15.4. The highest BCUT2D eigenvalue weighted by atomic mass is 35.5. The van der Waals surface area contributed by atoms with E-state index in [1.807, 2.05) is 56.3 Å². The van der Waals surface area contributed by atoms with Gasteiger partial charge in [0, 0.05) is 40.9 Å². The molecule has 2 aliphatic heterocycles. The minimum absolute atomic E-state index is 0.0512. The van der Waals surface area contributed by atoms with Crippen LogP contribution in [0.3, 0.4) is 0 Å². The van der Waals surface area contributed by atoms with E-state index < -0.39 is 35.0 Å². The molecule has 6 atom stereocenters. The summed E-state index contributed by atoms with van der Waals surface area (Å²) >= 11 is 7.88. The third-order valence-corrected chi connectivity index (χ3v) is 13.0. The van der Waals surface area contributed by atoms with E-state index in [1.165, 1.54) is 9.80 Å². The van der Waals surface area contributed by atoms with Gasteiger partial charge in [-0.15, -0.1) is 11.3 Å². The lowest BCUT2D eigenvalue weighted by Crippen LogP contribution is -2.49. The Balaban J connectivity index is 1.26. The molecule has 4 amide bonds. The molecule has 4 aromatic rings. The minimum Gasteiger partial charge on any atom is -0.491 e. The fraction of sp³-hybridized carbons (Fsp3) is 0.395. The summed E-state index contributed by atoms with van der Waals surface area (Å²) in [6.45, 7) is 5.80. The molecule has 2 saturated heterocycles. The van der Waals surface area contributed by atoms with Gasteiger partial charge in [0.05, 0.1) is 34.7 Å². The number of amides is 4. The van der Waals surface area contributed by atoms with Crippen LogP contribution in [0.2, 0.25) is 5.02 Å². The van der Waals surface area contributed by atoms with Crippen LogP contribution in [0, 0.1) is 36.0 Å². The largest absolute Gasteiger partial charge is 0.491 e.